The van der Waals surface area contributed by atoms with Crippen LogP contribution in [0, 0.1) is 13.8 Å². The van der Waals surface area contributed by atoms with Crippen molar-refractivity contribution < 1.29 is 13.2 Å². The van der Waals surface area contributed by atoms with E-state index in [1.807, 2.05) is 55.3 Å². The van der Waals surface area contributed by atoms with E-state index in [0.29, 0.717) is 34.4 Å². The van der Waals surface area contributed by atoms with Crippen LogP contribution >= 0.6 is 0 Å². The number of urea groups is 1. The van der Waals surface area contributed by atoms with Crippen molar-refractivity contribution in [2.75, 3.05) is 27.9 Å². The van der Waals surface area contributed by atoms with Gasteiger partial charge in [0, 0.05) is 36.0 Å². The quantitative estimate of drug-likeness (QED) is 0.273. The number of hydrogen-bond acceptors (Lipinski definition) is 7. The second-order valence-electron chi connectivity index (χ2n) is 8.44. The summed E-state index contributed by atoms with van der Waals surface area (Å²) in [7, 11) is -2.00. The molecule has 11 heteroatoms. The Morgan fingerprint density at radius 3 is 2.08 bits per heavy atom. The Bertz CT molecular complexity index is 1520. The molecule has 4 aromatic rings. The van der Waals surface area contributed by atoms with Gasteiger partial charge in [0.2, 0.25) is 16.0 Å². The average Bonchev–Trinajstić information content (AvgIpc) is 2.86. The van der Waals surface area contributed by atoms with Crippen LogP contribution in [0.3, 0.4) is 0 Å². The highest BCUT2D eigenvalue weighted by Gasteiger charge is 2.13. The SMILES string of the molecule is Cc1ccc(NC(=O)Nc2ccc(N(C)c3ccnc(Nc4ccc(C)c(S(N)(=O)=O)c4)n3)cc2)cc1. The van der Waals surface area contributed by atoms with E-state index in [1.54, 1.807) is 43.5 Å². The van der Waals surface area contributed by atoms with Crippen LogP contribution in [-0.2, 0) is 10.0 Å². The van der Waals surface area contributed by atoms with E-state index in [-0.39, 0.29) is 10.9 Å². The zero-order valence-corrected chi connectivity index (χ0v) is 21.4. The van der Waals surface area contributed by atoms with E-state index in [0.717, 1.165) is 11.3 Å². The smallest absolute Gasteiger partial charge is 0.323 e. The van der Waals surface area contributed by atoms with Crippen molar-refractivity contribution >= 4 is 50.6 Å². The van der Waals surface area contributed by atoms with Crippen LogP contribution in [0.25, 0.3) is 0 Å². The summed E-state index contributed by atoms with van der Waals surface area (Å²) in [5.74, 6) is 0.897. The lowest BCUT2D eigenvalue weighted by Crippen LogP contribution is -2.19. The number of primary sulfonamides is 1. The minimum absolute atomic E-state index is 0.0343. The Balaban J connectivity index is 1.43. The lowest BCUT2D eigenvalue weighted by Gasteiger charge is -2.19. The summed E-state index contributed by atoms with van der Waals surface area (Å²) in [5.41, 5.74) is 4.34. The van der Waals surface area contributed by atoms with Crippen molar-refractivity contribution in [3.63, 3.8) is 0 Å². The van der Waals surface area contributed by atoms with Crippen LogP contribution in [0.1, 0.15) is 11.1 Å². The number of aryl methyl sites for hydroxylation is 2. The third-order valence-corrected chi connectivity index (χ3v) is 6.61. The summed E-state index contributed by atoms with van der Waals surface area (Å²) in [6.07, 6.45) is 1.60. The fourth-order valence-corrected chi connectivity index (χ4v) is 4.35. The number of nitrogens with two attached hydrogens (primary N) is 1. The molecule has 1 aromatic heterocycles. The Morgan fingerprint density at radius 2 is 1.46 bits per heavy atom. The van der Waals surface area contributed by atoms with Crippen molar-refractivity contribution in [2.24, 2.45) is 5.14 Å². The first kappa shape index (κ1) is 25.6. The predicted octanol–water partition coefficient (Wildman–Crippen LogP) is 4.90. The van der Waals surface area contributed by atoms with Gasteiger partial charge in [-0.3, -0.25) is 0 Å². The highest BCUT2D eigenvalue weighted by atomic mass is 32.2. The molecule has 3 aromatic carbocycles. The van der Waals surface area contributed by atoms with Crippen molar-refractivity contribution in [3.8, 4) is 0 Å². The summed E-state index contributed by atoms with van der Waals surface area (Å²) >= 11 is 0. The number of carbonyl (C=O) groups excluding carboxylic acids is 1. The van der Waals surface area contributed by atoms with Gasteiger partial charge < -0.3 is 20.9 Å². The van der Waals surface area contributed by atoms with Crippen LogP contribution < -0.4 is 26.0 Å². The molecule has 0 spiro atoms. The Labute approximate surface area is 215 Å². The Kier molecular flexibility index (Phi) is 7.37. The molecule has 0 saturated carbocycles. The topological polar surface area (TPSA) is 142 Å². The first-order valence-electron chi connectivity index (χ1n) is 11.3. The van der Waals surface area contributed by atoms with E-state index in [2.05, 4.69) is 25.9 Å². The van der Waals surface area contributed by atoms with Gasteiger partial charge >= 0.3 is 6.03 Å². The van der Waals surface area contributed by atoms with Crippen LogP contribution in [-0.4, -0.2) is 31.5 Å². The molecule has 0 fully saturated rings. The third-order valence-electron chi connectivity index (χ3n) is 5.56. The highest BCUT2D eigenvalue weighted by Crippen LogP contribution is 2.26. The van der Waals surface area contributed by atoms with E-state index >= 15 is 0 Å². The molecule has 0 aliphatic heterocycles. The fourth-order valence-electron chi connectivity index (χ4n) is 3.54. The summed E-state index contributed by atoms with van der Waals surface area (Å²) in [4.78, 5) is 22.9. The van der Waals surface area contributed by atoms with Crippen molar-refractivity contribution in [1.29, 1.82) is 0 Å². The van der Waals surface area contributed by atoms with Crippen LogP contribution in [0.2, 0.25) is 0 Å². The largest absolute Gasteiger partial charge is 0.329 e. The number of sulfonamides is 1. The molecule has 10 nitrogen and oxygen atoms in total. The van der Waals surface area contributed by atoms with E-state index < -0.39 is 10.0 Å². The molecule has 1 heterocycles. The maximum atomic E-state index is 12.3. The number of rotatable bonds is 7. The van der Waals surface area contributed by atoms with Gasteiger partial charge in [0.1, 0.15) is 5.82 Å². The molecular weight excluding hydrogens is 490 g/mol. The summed E-state index contributed by atoms with van der Waals surface area (Å²) < 4.78 is 23.6. The third kappa shape index (κ3) is 6.60. The standard InChI is InChI=1S/C26H27N7O3S/c1-17-4-7-19(8-5-17)30-26(34)31-20-10-12-22(13-11-20)33(3)24-14-15-28-25(32-24)29-21-9-6-18(2)23(16-21)37(27,35)36/h4-16H,1-3H3,(H2,27,35,36)(H,28,29,32)(H2,30,31,34). The lowest BCUT2D eigenvalue weighted by atomic mass is 10.2. The van der Waals surface area contributed by atoms with Crippen molar-refractivity contribution in [3.05, 3.63) is 90.1 Å². The van der Waals surface area contributed by atoms with Gasteiger partial charge in [-0.15, -0.1) is 0 Å². The molecule has 190 valence electrons. The highest BCUT2D eigenvalue weighted by molar-refractivity contribution is 7.89. The second kappa shape index (κ2) is 10.6. The number of nitrogens with one attached hydrogen (secondary N) is 3. The van der Waals surface area contributed by atoms with Gasteiger partial charge in [-0.2, -0.15) is 4.98 Å². The van der Waals surface area contributed by atoms with Gasteiger partial charge in [0.05, 0.1) is 4.90 Å². The van der Waals surface area contributed by atoms with Crippen molar-refractivity contribution in [2.45, 2.75) is 18.7 Å². The van der Waals surface area contributed by atoms with Gasteiger partial charge in [-0.1, -0.05) is 23.8 Å². The second-order valence-corrected chi connectivity index (χ2v) is 9.97. The number of aromatic nitrogens is 2. The molecule has 0 saturated heterocycles. The normalized spacial score (nSPS) is 11.0. The minimum Gasteiger partial charge on any atom is -0.329 e. The number of hydrogen-bond donors (Lipinski definition) is 4. The fraction of sp³-hybridized carbons (Fsp3) is 0.115. The number of nitrogens with zero attached hydrogens (tertiary/aromatic N) is 3. The van der Waals surface area contributed by atoms with Gasteiger partial charge in [0.15, 0.2) is 0 Å². The van der Waals surface area contributed by atoms with Crippen LogP contribution in [0.15, 0.2) is 83.9 Å². The van der Waals surface area contributed by atoms with Gasteiger partial charge in [-0.05, 0) is 74.0 Å². The average molecular weight is 518 g/mol. The number of amides is 2. The minimum atomic E-state index is -3.85. The van der Waals surface area contributed by atoms with Gasteiger partial charge in [0.25, 0.3) is 0 Å². The maximum absolute atomic E-state index is 12.3. The molecule has 0 bridgehead atoms. The summed E-state index contributed by atoms with van der Waals surface area (Å²) in [5, 5.41) is 13.9. The Hall–Kier alpha value is -4.48. The molecule has 37 heavy (non-hydrogen) atoms. The molecule has 0 aliphatic carbocycles. The monoisotopic (exact) mass is 517 g/mol. The molecule has 0 unspecified atom stereocenters. The maximum Gasteiger partial charge on any atom is 0.323 e. The first-order chi connectivity index (χ1) is 17.6. The summed E-state index contributed by atoms with van der Waals surface area (Å²) in [6, 6.07) is 21.1. The van der Waals surface area contributed by atoms with Crippen LogP contribution in [0.4, 0.5) is 39.3 Å². The number of benzene rings is 3. The molecule has 0 radical (unpaired) electrons. The van der Waals surface area contributed by atoms with Crippen LogP contribution in [0.5, 0.6) is 0 Å². The molecule has 5 N–H and O–H groups in total. The summed E-state index contributed by atoms with van der Waals surface area (Å²) in [6.45, 7) is 3.66. The molecular formula is C26H27N7O3S. The lowest BCUT2D eigenvalue weighted by molar-refractivity contribution is 0.262. The van der Waals surface area contributed by atoms with Gasteiger partial charge in [-0.25, -0.2) is 23.3 Å². The van der Waals surface area contributed by atoms with E-state index in [9.17, 15) is 13.2 Å². The molecule has 0 aliphatic rings. The number of anilines is 6. The molecule has 2 amide bonds. The molecule has 4 rings (SSSR count). The molecule has 0 atom stereocenters. The predicted molar refractivity (Wildman–Crippen MR) is 146 cm³/mol. The van der Waals surface area contributed by atoms with E-state index in [1.165, 1.54) is 6.07 Å². The van der Waals surface area contributed by atoms with Crippen molar-refractivity contribution in [1.82, 2.24) is 9.97 Å². The zero-order chi connectivity index (χ0) is 26.6. The van der Waals surface area contributed by atoms with E-state index in [4.69, 9.17) is 5.14 Å². The Morgan fingerprint density at radius 1 is 0.865 bits per heavy atom. The number of carbonyl (C=O) groups is 1. The first-order valence-corrected chi connectivity index (χ1v) is 12.8. The zero-order valence-electron chi connectivity index (χ0n) is 20.6.